The van der Waals surface area contributed by atoms with Crippen LogP contribution in [0.5, 0.6) is 0 Å². The lowest BCUT2D eigenvalue weighted by molar-refractivity contribution is -0.146. The van der Waals surface area contributed by atoms with E-state index in [1.165, 1.54) is 12.8 Å². The molecule has 4 bridgehead atoms. The van der Waals surface area contributed by atoms with Crippen LogP contribution in [0, 0.1) is 81.8 Å². The van der Waals surface area contributed by atoms with Crippen LogP contribution in [-0.2, 0) is 19.1 Å². The van der Waals surface area contributed by atoms with Gasteiger partial charge in [-0.15, -0.1) is 0 Å². The monoisotopic (exact) mass is 690 g/mol. The molecule has 0 N–H and O–H groups in total. The summed E-state index contributed by atoms with van der Waals surface area (Å²) in [6.07, 6.45) is 2.62. The van der Waals surface area contributed by atoms with E-state index in [0.717, 1.165) is 11.8 Å². The van der Waals surface area contributed by atoms with Crippen molar-refractivity contribution in [1.29, 1.82) is 0 Å². The zero-order chi connectivity index (χ0) is 21.9. The fraction of sp³-hybridized carbons (Fsp3) is 0.917. The number of halogens is 4. The van der Waals surface area contributed by atoms with Gasteiger partial charge in [-0.1, -0.05) is 63.7 Å². The van der Waals surface area contributed by atoms with Crippen LogP contribution in [0.15, 0.2) is 0 Å². The van der Waals surface area contributed by atoms with Gasteiger partial charge in [0.05, 0.1) is 14.2 Å². The first-order valence-electron chi connectivity index (χ1n) is 12.1. The first kappa shape index (κ1) is 19.0. The Kier molecular flexibility index (Phi) is 2.63. The Balaban J connectivity index is 1.45. The van der Waals surface area contributed by atoms with Crippen molar-refractivity contribution < 1.29 is 19.1 Å². The van der Waals surface area contributed by atoms with Gasteiger partial charge < -0.3 is 9.47 Å². The largest absolute Gasteiger partial charge is 0.468 e. The molecule has 0 aromatic rings. The third-order valence-corrected chi connectivity index (χ3v) is 20.3. The standard InChI is InChI=1S/C24H22Br4O4/c1-31-17(29)19(25)13-11-12-14(19)22-6-3-5-9-7-4-8(10(6)9)24(22,28)16(12)20(26,18(30)32-2)15(11)23(7,27)21(5,13)22/h5-16H,3-4H2,1-2H3/t5-,6+,7+,8-,9+,10-,11-,12-,13-,14+,15+,16-,19?,20?,21?,22?,23-,24-/m0/s1. The zero-order valence-electron chi connectivity index (χ0n) is 17.5. The summed E-state index contributed by atoms with van der Waals surface area (Å²) in [6.45, 7) is 0. The molecule has 18 atom stereocenters. The molecule has 0 amide bonds. The number of alkyl halides is 4. The molecule has 170 valence electrons. The van der Waals surface area contributed by atoms with Crippen molar-refractivity contribution in [3.63, 3.8) is 0 Å². The average Bonchev–Trinajstić information content (AvgIpc) is 3.57. The smallest absolute Gasteiger partial charge is 0.323 e. The molecule has 10 fully saturated rings. The number of carbonyl (C=O) groups is 2. The van der Waals surface area contributed by atoms with Gasteiger partial charge in [0.1, 0.15) is 8.65 Å². The lowest BCUT2D eigenvalue weighted by atomic mass is 9.51. The molecule has 4 nitrogen and oxygen atoms in total. The summed E-state index contributed by atoms with van der Waals surface area (Å²) in [5.74, 6) is 5.32. The minimum absolute atomic E-state index is 0.0533. The number of hydrogen-bond donors (Lipinski definition) is 0. The van der Waals surface area contributed by atoms with Crippen molar-refractivity contribution in [3.05, 3.63) is 0 Å². The van der Waals surface area contributed by atoms with Crippen LogP contribution in [0.1, 0.15) is 12.8 Å². The summed E-state index contributed by atoms with van der Waals surface area (Å²) in [6, 6.07) is 0. The Labute approximate surface area is 219 Å². The molecule has 0 aliphatic heterocycles. The molecule has 0 aromatic heterocycles. The molecule has 32 heavy (non-hydrogen) atoms. The number of fused-ring (bicyclic) bond motifs is 4. The normalized spacial score (nSPS) is 80.3. The molecule has 4 unspecified atom stereocenters. The highest BCUT2D eigenvalue weighted by Gasteiger charge is 3.14. The second kappa shape index (κ2) is 4.42. The lowest BCUT2D eigenvalue weighted by Crippen LogP contribution is -2.57. The Morgan fingerprint density at radius 2 is 1.00 bits per heavy atom. The van der Waals surface area contributed by atoms with Gasteiger partial charge in [0.15, 0.2) is 0 Å². The van der Waals surface area contributed by atoms with Gasteiger partial charge in [0.25, 0.3) is 0 Å². The van der Waals surface area contributed by atoms with Crippen molar-refractivity contribution in [2.75, 3.05) is 14.2 Å². The van der Waals surface area contributed by atoms with Gasteiger partial charge in [0, 0.05) is 31.3 Å². The van der Waals surface area contributed by atoms with E-state index in [0.29, 0.717) is 35.5 Å². The number of rotatable bonds is 2. The fourth-order valence-electron chi connectivity index (χ4n) is 15.6. The third kappa shape index (κ3) is 1.02. The maximum absolute atomic E-state index is 13.8. The lowest BCUT2D eigenvalue weighted by Gasteiger charge is -2.55. The molecule has 10 aliphatic rings. The van der Waals surface area contributed by atoms with Gasteiger partial charge in [-0.05, 0) is 72.0 Å². The van der Waals surface area contributed by atoms with E-state index in [4.69, 9.17) is 9.47 Å². The molecule has 8 heteroatoms. The molecule has 2 spiro atoms. The van der Waals surface area contributed by atoms with E-state index in [-0.39, 0.29) is 55.1 Å². The maximum Gasteiger partial charge on any atom is 0.323 e. The van der Waals surface area contributed by atoms with E-state index < -0.39 is 8.65 Å². The number of methoxy groups -OCH3 is 2. The Hall–Kier alpha value is 0.860. The number of carbonyl (C=O) groups excluding carboxylic acids is 2. The molecular formula is C24H22Br4O4. The second-order valence-corrected chi connectivity index (χ2v) is 18.2. The van der Waals surface area contributed by atoms with Crippen LogP contribution in [0.2, 0.25) is 0 Å². The Bertz CT molecular complexity index is 1090. The summed E-state index contributed by atoms with van der Waals surface area (Å²) in [5, 5.41) is 0. The second-order valence-electron chi connectivity index (χ2n) is 12.9. The van der Waals surface area contributed by atoms with Gasteiger partial charge >= 0.3 is 11.9 Å². The average molecular weight is 694 g/mol. The quantitative estimate of drug-likeness (QED) is 0.323. The highest BCUT2D eigenvalue weighted by Crippen LogP contribution is 3.12. The van der Waals surface area contributed by atoms with Crippen molar-refractivity contribution >= 4 is 75.7 Å². The van der Waals surface area contributed by atoms with E-state index in [2.05, 4.69) is 63.7 Å². The summed E-state index contributed by atoms with van der Waals surface area (Å²) >= 11 is 17.6. The number of esters is 2. The molecule has 10 saturated carbocycles. The first-order chi connectivity index (χ1) is 15.1. The van der Waals surface area contributed by atoms with E-state index in [1.807, 2.05) is 0 Å². The van der Waals surface area contributed by atoms with Gasteiger partial charge in [-0.25, -0.2) is 0 Å². The zero-order valence-corrected chi connectivity index (χ0v) is 23.8. The fourth-order valence-corrected chi connectivity index (χ4v) is 23.3. The molecule has 0 heterocycles. The van der Waals surface area contributed by atoms with E-state index in [9.17, 15) is 9.59 Å². The first-order valence-corrected chi connectivity index (χ1v) is 15.2. The predicted molar refractivity (Wildman–Crippen MR) is 127 cm³/mol. The van der Waals surface area contributed by atoms with Crippen LogP contribution in [-0.4, -0.2) is 43.5 Å². The van der Waals surface area contributed by atoms with Crippen molar-refractivity contribution in [1.82, 2.24) is 0 Å². The van der Waals surface area contributed by atoms with Crippen LogP contribution in [0.3, 0.4) is 0 Å². The van der Waals surface area contributed by atoms with Crippen molar-refractivity contribution in [2.45, 2.75) is 30.1 Å². The van der Waals surface area contributed by atoms with Crippen molar-refractivity contribution in [3.8, 4) is 0 Å². The summed E-state index contributed by atoms with van der Waals surface area (Å²) in [5.41, 5.74) is 0.107. The Morgan fingerprint density at radius 3 is 1.41 bits per heavy atom. The third-order valence-electron chi connectivity index (χ3n) is 14.2. The molecule has 0 aromatic carbocycles. The summed E-state index contributed by atoms with van der Waals surface area (Å²) in [7, 11) is 3.11. The summed E-state index contributed by atoms with van der Waals surface area (Å²) in [4.78, 5) is 27.5. The van der Waals surface area contributed by atoms with Crippen LogP contribution in [0.4, 0.5) is 0 Å². The topological polar surface area (TPSA) is 52.6 Å². The maximum atomic E-state index is 13.8. The number of hydrogen-bond acceptors (Lipinski definition) is 4. The highest BCUT2D eigenvalue weighted by molar-refractivity contribution is 9.11. The molecule has 10 aliphatic carbocycles. The van der Waals surface area contributed by atoms with Crippen LogP contribution in [0.25, 0.3) is 0 Å². The SMILES string of the molecule is COC(=O)C1(Br)[C@H]2[C@@H]3[C@@H]4[C@@H]5C(Br)(C(=O)OC)[C@H]3[C@@]3(Br)[C@H]6C[C@@H]7[C@@H]8[C@H]6[C@H]6C[C@@H]8C([C@@H]41)(C623)[C@]75Br. The summed E-state index contributed by atoms with van der Waals surface area (Å²) < 4.78 is 9.61. The van der Waals surface area contributed by atoms with Gasteiger partial charge in [0.2, 0.25) is 0 Å². The molecular weight excluding hydrogens is 672 g/mol. The van der Waals surface area contributed by atoms with E-state index >= 15 is 0 Å². The van der Waals surface area contributed by atoms with Crippen molar-refractivity contribution in [2.24, 2.45) is 81.8 Å². The molecule has 0 radical (unpaired) electrons. The van der Waals surface area contributed by atoms with Gasteiger partial charge in [-0.2, -0.15) is 0 Å². The Morgan fingerprint density at radius 1 is 0.625 bits per heavy atom. The molecule has 0 saturated heterocycles. The highest BCUT2D eigenvalue weighted by atomic mass is 79.9. The van der Waals surface area contributed by atoms with E-state index in [1.54, 1.807) is 14.2 Å². The van der Waals surface area contributed by atoms with Crippen LogP contribution >= 0.6 is 63.7 Å². The molecule has 10 rings (SSSR count). The minimum Gasteiger partial charge on any atom is -0.468 e. The predicted octanol–water partition coefficient (Wildman–Crippen LogP) is 4.15. The minimum atomic E-state index is -0.692. The van der Waals surface area contributed by atoms with Gasteiger partial charge in [-0.3, -0.25) is 9.59 Å². The number of ether oxygens (including phenoxy) is 2. The van der Waals surface area contributed by atoms with Crippen LogP contribution < -0.4 is 0 Å².